The highest BCUT2D eigenvalue weighted by Crippen LogP contribution is 2.42. The summed E-state index contributed by atoms with van der Waals surface area (Å²) in [6.45, 7) is 1.34. The van der Waals surface area contributed by atoms with Crippen molar-refractivity contribution in [2.24, 2.45) is 0 Å². The first-order valence-corrected chi connectivity index (χ1v) is 17.1. The number of nitrogens with zero attached hydrogens (tertiary/aromatic N) is 5. The third kappa shape index (κ3) is 7.80. The summed E-state index contributed by atoms with van der Waals surface area (Å²) < 4.78 is 31.0. The van der Waals surface area contributed by atoms with Crippen LogP contribution in [-0.2, 0) is 22.5 Å². The molecule has 2 aromatic heterocycles. The molecule has 2 aliphatic rings. The topological polar surface area (TPSA) is 112 Å². The smallest absolute Gasteiger partial charge is 0.237 e. The summed E-state index contributed by atoms with van der Waals surface area (Å²) in [5.41, 5.74) is 5.23. The lowest BCUT2D eigenvalue weighted by Crippen LogP contribution is -2.45. The van der Waals surface area contributed by atoms with E-state index in [1.165, 1.54) is 7.11 Å². The molecule has 0 spiro atoms. The van der Waals surface area contributed by atoms with Crippen molar-refractivity contribution in [1.82, 2.24) is 30.2 Å². The highest BCUT2D eigenvalue weighted by Gasteiger charge is 2.30. The Morgan fingerprint density at radius 1 is 0.878 bits per heavy atom. The summed E-state index contributed by atoms with van der Waals surface area (Å²) in [6.07, 6.45) is 6.38. The summed E-state index contributed by atoms with van der Waals surface area (Å²) in [6, 6.07) is 11.5. The SMILES string of the molecule is COc1nc(-c2cccc(-c3cccc(-c4cnc(CN5CC[C@@H](OC)[C@@H](F)C5)c(OC)n4)c3Cl)c2Cl)cnc1CCC[C@@H]1CCC(=O)N1. The number of ether oxygens (including phenoxy) is 3. The quantitative estimate of drug-likeness (QED) is 0.171. The number of likely N-dealkylation sites (tertiary alicyclic amines) is 1. The molecule has 0 bridgehead atoms. The second-order valence-electron chi connectivity index (χ2n) is 12.3. The highest BCUT2D eigenvalue weighted by atomic mass is 35.5. The molecule has 2 fully saturated rings. The largest absolute Gasteiger partial charge is 0.480 e. The zero-order valence-corrected chi connectivity index (χ0v) is 29.2. The third-order valence-electron chi connectivity index (χ3n) is 9.14. The summed E-state index contributed by atoms with van der Waals surface area (Å²) in [4.78, 5) is 32.3. The monoisotopic (exact) mass is 708 g/mol. The number of benzene rings is 2. The molecule has 6 rings (SSSR count). The summed E-state index contributed by atoms with van der Waals surface area (Å²) in [5, 5.41) is 3.92. The van der Waals surface area contributed by atoms with Crippen LogP contribution in [0.1, 0.15) is 43.5 Å². The summed E-state index contributed by atoms with van der Waals surface area (Å²) in [5.74, 6) is 0.908. The number of rotatable bonds is 12. The lowest BCUT2D eigenvalue weighted by Gasteiger charge is -2.33. The predicted octanol–water partition coefficient (Wildman–Crippen LogP) is 6.75. The minimum absolute atomic E-state index is 0.117. The molecule has 2 saturated heterocycles. The van der Waals surface area contributed by atoms with E-state index in [0.717, 1.165) is 25.0 Å². The molecule has 4 aromatic rings. The van der Waals surface area contributed by atoms with Gasteiger partial charge in [-0.05, 0) is 32.1 Å². The Kier molecular flexibility index (Phi) is 11.2. The van der Waals surface area contributed by atoms with Crippen LogP contribution < -0.4 is 14.8 Å². The van der Waals surface area contributed by atoms with E-state index in [1.54, 1.807) is 26.6 Å². The molecule has 258 valence electrons. The third-order valence-corrected chi connectivity index (χ3v) is 9.96. The van der Waals surface area contributed by atoms with Gasteiger partial charge in [-0.25, -0.2) is 14.4 Å². The molecule has 1 amide bonds. The van der Waals surface area contributed by atoms with Gasteiger partial charge in [-0.3, -0.25) is 19.7 Å². The lowest BCUT2D eigenvalue weighted by atomic mass is 9.98. The van der Waals surface area contributed by atoms with Crippen molar-refractivity contribution in [2.45, 2.75) is 63.4 Å². The van der Waals surface area contributed by atoms with E-state index in [1.807, 2.05) is 41.3 Å². The maximum Gasteiger partial charge on any atom is 0.237 e. The number of halogens is 3. The molecule has 4 heterocycles. The number of aromatic nitrogens is 4. The van der Waals surface area contributed by atoms with Crippen LogP contribution in [0.4, 0.5) is 4.39 Å². The molecule has 0 radical (unpaired) electrons. The van der Waals surface area contributed by atoms with Gasteiger partial charge in [-0.2, -0.15) is 0 Å². The Morgan fingerprint density at radius 2 is 1.47 bits per heavy atom. The fourth-order valence-electron chi connectivity index (χ4n) is 6.51. The first-order valence-electron chi connectivity index (χ1n) is 16.4. The van der Waals surface area contributed by atoms with E-state index in [0.29, 0.717) is 93.5 Å². The normalized spacial score (nSPS) is 19.6. The molecule has 0 saturated carbocycles. The van der Waals surface area contributed by atoms with Gasteiger partial charge < -0.3 is 19.5 Å². The molecular formula is C36H39Cl2FN6O4. The fraction of sp³-hybridized carbons (Fsp3) is 0.417. The number of alkyl halides is 1. The van der Waals surface area contributed by atoms with Crippen LogP contribution in [0.2, 0.25) is 10.0 Å². The molecular weight excluding hydrogens is 670 g/mol. The Hall–Kier alpha value is -3.90. The van der Waals surface area contributed by atoms with Crippen molar-refractivity contribution in [3.63, 3.8) is 0 Å². The van der Waals surface area contributed by atoms with Gasteiger partial charge in [0.25, 0.3) is 0 Å². The average Bonchev–Trinajstić information content (AvgIpc) is 3.53. The van der Waals surface area contributed by atoms with Gasteiger partial charge in [0.1, 0.15) is 17.6 Å². The van der Waals surface area contributed by atoms with Crippen LogP contribution in [0.15, 0.2) is 48.8 Å². The van der Waals surface area contributed by atoms with Crippen molar-refractivity contribution < 1.29 is 23.4 Å². The van der Waals surface area contributed by atoms with Crippen molar-refractivity contribution in [3.05, 3.63) is 70.2 Å². The zero-order valence-electron chi connectivity index (χ0n) is 27.7. The summed E-state index contributed by atoms with van der Waals surface area (Å²) in [7, 11) is 4.66. The molecule has 0 unspecified atom stereocenters. The molecule has 1 N–H and O–H groups in total. The van der Waals surface area contributed by atoms with Gasteiger partial charge in [0.05, 0.1) is 54.2 Å². The molecule has 3 atom stereocenters. The van der Waals surface area contributed by atoms with Gasteiger partial charge in [-0.1, -0.05) is 59.6 Å². The average molecular weight is 710 g/mol. The van der Waals surface area contributed by atoms with E-state index in [-0.39, 0.29) is 24.6 Å². The number of aryl methyl sites for hydroxylation is 1. The van der Waals surface area contributed by atoms with Gasteiger partial charge in [0.2, 0.25) is 17.7 Å². The Balaban J connectivity index is 1.22. The first kappa shape index (κ1) is 34.9. The van der Waals surface area contributed by atoms with Crippen LogP contribution in [-0.4, -0.2) is 83.5 Å². The second kappa shape index (κ2) is 15.8. The van der Waals surface area contributed by atoms with Gasteiger partial charge in [-0.15, -0.1) is 0 Å². The molecule has 2 aromatic carbocycles. The van der Waals surface area contributed by atoms with Crippen molar-refractivity contribution in [3.8, 4) is 45.4 Å². The summed E-state index contributed by atoms with van der Waals surface area (Å²) >= 11 is 14.1. The number of carbonyl (C=O) groups excluding carboxylic acids is 1. The van der Waals surface area contributed by atoms with Crippen LogP contribution in [0, 0.1) is 0 Å². The second-order valence-corrected chi connectivity index (χ2v) is 13.0. The standard InChI is InChI=1S/C36H39Cl2FN6O4/c1-47-31-15-16-45(19-26(31)39)20-30-36(49-3)44-29(18-41-30)25-11-6-9-23(34(25)38)22-8-5-10-24(33(22)37)28-17-40-27(35(43-28)48-2)12-4-7-21-13-14-32(46)42-21/h5-6,8-11,17-18,21,26,31H,4,7,12-16,19-20H2,1-3H3,(H,42,46)/t21-,26+,31-/m1/s1. The Labute approximate surface area is 295 Å². The van der Waals surface area contributed by atoms with E-state index < -0.39 is 6.17 Å². The maximum atomic E-state index is 14.5. The minimum Gasteiger partial charge on any atom is -0.480 e. The zero-order chi connectivity index (χ0) is 34.5. The van der Waals surface area contributed by atoms with Gasteiger partial charge >= 0.3 is 0 Å². The van der Waals surface area contributed by atoms with Crippen molar-refractivity contribution in [1.29, 1.82) is 0 Å². The predicted molar refractivity (Wildman–Crippen MR) is 187 cm³/mol. The molecule has 49 heavy (non-hydrogen) atoms. The molecule has 13 heteroatoms. The number of piperidine rings is 1. The Morgan fingerprint density at radius 3 is 2.02 bits per heavy atom. The molecule has 2 aliphatic heterocycles. The van der Waals surface area contributed by atoms with Gasteiger partial charge in [0, 0.05) is 61.5 Å². The van der Waals surface area contributed by atoms with Crippen molar-refractivity contribution in [2.75, 3.05) is 34.4 Å². The highest BCUT2D eigenvalue weighted by molar-refractivity contribution is 6.39. The first-order chi connectivity index (χ1) is 23.8. The number of hydrogen-bond donors (Lipinski definition) is 1. The van der Waals surface area contributed by atoms with Gasteiger partial charge in [0.15, 0.2) is 0 Å². The maximum absolute atomic E-state index is 14.5. The van der Waals surface area contributed by atoms with E-state index in [9.17, 15) is 9.18 Å². The van der Waals surface area contributed by atoms with Crippen LogP contribution >= 0.6 is 23.2 Å². The number of hydrogen-bond acceptors (Lipinski definition) is 9. The van der Waals surface area contributed by atoms with E-state index in [2.05, 4.69) is 15.3 Å². The van der Waals surface area contributed by atoms with E-state index in [4.69, 9.17) is 47.4 Å². The number of amides is 1. The van der Waals surface area contributed by atoms with Crippen LogP contribution in [0.5, 0.6) is 11.8 Å². The minimum atomic E-state index is -1.07. The lowest BCUT2D eigenvalue weighted by molar-refractivity contribution is -0.119. The number of nitrogens with one attached hydrogen (secondary N) is 1. The van der Waals surface area contributed by atoms with Crippen molar-refractivity contribution >= 4 is 29.1 Å². The number of methoxy groups -OCH3 is 3. The fourth-order valence-corrected chi connectivity index (χ4v) is 7.16. The Bertz CT molecular complexity index is 1810. The van der Waals surface area contributed by atoms with Crippen LogP contribution in [0.3, 0.4) is 0 Å². The van der Waals surface area contributed by atoms with Crippen LogP contribution in [0.25, 0.3) is 33.6 Å². The molecule has 0 aliphatic carbocycles. The number of carbonyl (C=O) groups is 1. The molecule has 10 nitrogen and oxygen atoms in total. The van der Waals surface area contributed by atoms with E-state index >= 15 is 0 Å².